The fourth-order valence-corrected chi connectivity index (χ4v) is 2.58. The van der Waals surface area contributed by atoms with Crippen molar-refractivity contribution in [1.82, 2.24) is 10.6 Å². The second-order valence-electron chi connectivity index (χ2n) is 4.06. The maximum Gasteiger partial charge on any atom is 0.326 e. The molecule has 0 aliphatic carbocycles. The number of hydrogen-bond donors (Lipinski definition) is 4. The Bertz CT molecular complexity index is 331. The van der Waals surface area contributed by atoms with Crippen LogP contribution in [-0.2, 0) is 14.4 Å². The highest BCUT2D eigenvalue weighted by Crippen LogP contribution is 2.10. The summed E-state index contributed by atoms with van der Waals surface area (Å²) >= 11 is 1.75. The molecule has 0 aromatic carbocycles. The van der Waals surface area contributed by atoms with Crippen LogP contribution in [0.3, 0.4) is 0 Å². The molecule has 18 heavy (non-hydrogen) atoms. The summed E-state index contributed by atoms with van der Waals surface area (Å²) in [7, 11) is 0. The number of amides is 2. The molecule has 1 aliphatic rings. The summed E-state index contributed by atoms with van der Waals surface area (Å²) in [6.45, 7) is 0.840. The molecule has 1 aliphatic heterocycles. The molecule has 8 heteroatoms. The Balaban J connectivity index is 2.40. The molecule has 1 saturated heterocycles. The number of aliphatic carboxylic acids is 1. The van der Waals surface area contributed by atoms with E-state index in [0.29, 0.717) is 0 Å². The lowest BCUT2D eigenvalue weighted by atomic mass is 10.1. The summed E-state index contributed by atoms with van der Waals surface area (Å²) in [5.41, 5.74) is 4.92. The lowest BCUT2D eigenvalue weighted by Gasteiger charge is -2.23. The molecule has 2 amide bonds. The Hall–Kier alpha value is -1.28. The molecule has 0 aromatic rings. The quantitative estimate of drug-likeness (QED) is 0.469. The van der Waals surface area contributed by atoms with Crippen LogP contribution in [0.15, 0.2) is 0 Å². The molecular weight excluding hydrogens is 258 g/mol. The highest BCUT2D eigenvalue weighted by Gasteiger charge is 2.24. The molecule has 0 bridgehead atoms. The molecule has 1 rings (SSSR count). The maximum absolute atomic E-state index is 11.6. The van der Waals surface area contributed by atoms with Crippen molar-refractivity contribution in [1.29, 1.82) is 0 Å². The molecule has 1 heterocycles. The molecule has 5 N–H and O–H groups in total. The molecule has 1 fully saturated rings. The van der Waals surface area contributed by atoms with E-state index in [1.807, 2.05) is 0 Å². The molecule has 2 atom stereocenters. The monoisotopic (exact) mass is 275 g/mol. The van der Waals surface area contributed by atoms with Crippen molar-refractivity contribution in [2.45, 2.75) is 24.9 Å². The summed E-state index contributed by atoms with van der Waals surface area (Å²) < 4.78 is 0. The number of thioether (sulfide) groups is 1. The third-order valence-electron chi connectivity index (χ3n) is 2.47. The van der Waals surface area contributed by atoms with Crippen molar-refractivity contribution in [2.75, 3.05) is 18.1 Å². The van der Waals surface area contributed by atoms with Crippen molar-refractivity contribution in [3.8, 4) is 0 Å². The zero-order valence-corrected chi connectivity index (χ0v) is 10.7. The van der Waals surface area contributed by atoms with Gasteiger partial charge in [0.2, 0.25) is 11.8 Å². The van der Waals surface area contributed by atoms with E-state index in [9.17, 15) is 14.4 Å². The van der Waals surface area contributed by atoms with Gasteiger partial charge in [-0.2, -0.15) is 11.8 Å². The van der Waals surface area contributed by atoms with E-state index in [1.165, 1.54) is 0 Å². The van der Waals surface area contributed by atoms with E-state index >= 15 is 0 Å². The third-order valence-corrected chi connectivity index (χ3v) is 3.60. The Morgan fingerprint density at radius 3 is 2.72 bits per heavy atom. The summed E-state index contributed by atoms with van der Waals surface area (Å²) in [4.78, 5) is 33.1. The molecule has 1 unspecified atom stereocenters. The first kappa shape index (κ1) is 14.8. The lowest BCUT2D eigenvalue weighted by Crippen LogP contribution is -2.47. The highest BCUT2D eigenvalue weighted by molar-refractivity contribution is 7.99. The van der Waals surface area contributed by atoms with E-state index in [0.717, 1.165) is 18.1 Å². The van der Waals surface area contributed by atoms with Crippen LogP contribution in [0.4, 0.5) is 0 Å². The van der Waals surface area contributed by atoms with Crippen molar-refractivity contribution in [3.63, 3.8) is 0 Å². The van der Waals surface area contributed by atoms with Crippen LogP contribution in [0.2, 0.25) is 0 Å². The molecule has 7 nitrogen and oxygen atoms in total. The van der Waals surface area contributed by atoms with Crippen LogP contribution in [0.1, 0.15) is 12.8 Å². The van der Waals surface area contributed by atoms with Gasteiger partial charge in [0.05, 0.1) is 6.42 Å². The summed E-state index contributed by atoms with van der Waals surface area (Å²) in [5, 5.41) is 14.3. The van der Waals surface area contributed by atoms with Gasteiger partial charge in [-0.1, -0.05) is 0 Å². The predicted molar refractivity (Wildman–Crippen MR) is 67.1 cm³/mol. The smallest absolute Gasteiger partial charge is 0.326 e. The standard InChI is InChI=1S/C10H17N3O4S/c11-8(14)4-7(10(16)17)13-9(15)3-6-5-18-2-1-12-6/h6-7,12H,1-5H2,(H2,11,14)(H,13,15)(H,16,17)/t6?,7-/m1/s1. The Morgan fingerprint density at radius 1 is 1.50 bits per heavy atom. The molecular formula is C10H17N3O4S. The first-order valence-corrected chi connectivity index (χ1v) is 6.76. The van der Waals surface area contributed by atoms with Gasteiger partial charge in [0.15, 0.2) is 0 Å². The topological polar surface area (TPSA) is 122 Å². The third kappa shape index (κ3) is 5.37. The average molecular weight is 275 g/mol. The van der Waals surface area contributed by atoms with Gasteiger partial charge >= 0.3 is 5.97 Å². The predicted octanol–water partition coefficient (Wildman–Crippen LogP) is -1.47. The van der Waals surface area contributed by atoms with Crippen LogP contribution in [-0.4, -0.2) is 53.0 Å². The van der Waals surface area contributed by atoms with Gasteiger partial charge in [-0.25, -0.2) is 4.79 Å². The number of hydrogen-bond acceptors (Lipinski definition) is 5. The number of primary amides is 1. The fourth-order valence-electron chi connectivity index (χ4n) is 1.63. The van der Waals surface area contributed by atoms with E-state index in [-0.39, 0.29) is 18.4 Å². The van der Waals surface area contributed by atoms with Gasteiger partial charge in [0.25, 0.3) is 0 Å². The van der Waals surface area contributed by atoms with E-state index in [2.05, 4.69) is 10.6 Å². The summed E-state index contributed by atoms with van der Waals surface area (Å²) in [5.74, 6) is -0.566. The molecule has 0 radical (unpaired) electrons. The van der Waals surface area contributed by atoms with Crippen molar-refractivity contribution >= 4 is 29.5 Å². The van der Waals surface area contributed by atoms with Crippen LogP contribution >= 0.6 is 11.8 Å². The SMILES string of the molecule is NC(=O)C[C@@H](NC(=O)CC1CSCCN1)C(=O)O. The van der Waals surface area contributed by atoms with Gasteiger partial charge in [0, 0.05) is 30.5 Å². The summed E-state index contributed by atoms with van der Waals surface area (Å²) in [6.07, 6.45) is -0.191. The number of carboxylic acid groups (broad SMARTS) is 1. The lowest BCUT2D eigenvalue weighted by molar-refractivity contribution is -0.143. The van der Waals surface area contributed by atoms with Crippen molar-refractivity contribution in [2.24, 2.45) is 5.73 Å². The Kier molecular flexibility index (Phi) is 5.93. The molecule has 102 valence electrons. The second kappa shape index (κ2) is 7.22. The molecule has 0 aromatic heterocycles. The zero-order valence-electron chi connectivity index (χ0n) is 9.85. The van der Waals surface area contributed by atoms with Gasteiger partial charge in [-0.05, 0) is 0 Å². The minimum Gasteiger partial charge on any atom is -0.480 e. The van der Waals surface area contributed by atoms with Gasteiger partial charge in [-0.15, -0.1) is 0 Å². The van der Waals surface area contributed by atoms with Gasteiger partial charge in [0.1, 0.15) is 6.04 Å². The van der Waals surface area contributed by atoms with E-state index in [4.69, 9.17) is 10.8 Å². The van der Waals surface area contributed by atoms with Crippen LogP contribution in [0, 0.1) is 0 Å². The van der Waals surface area contributed by atoms with Crippen LogP contribution < -0.4 is 16.4 Å². The molecule has 0 spiro atoms. The van der Waals surface area contributed by atoms with Gasteiger partial charge in [-0.3, -0.25) is 9.59 Å². The van der Waals surface area contributed by atoms with E-state index < -0.39 is 24.3 Å². The zero-order chi connectivity index (χ0) is 13.5. The first-order valence-electron chi connectivity index (χ1n) is 5.60. The van der Waals surface area contributed by atoms with Gasteiger partial charge < -0.3 is 21.5 Å². The van der Waals surface area contributed by atoms with E-state index in [1.54, 1.807) is 11.8 Å². The highest BCUT2D eigenvalue weighted by atomic mass is 32.2. The number of rotatable bonds is 6. The summed E-state index contributed by atoms with van der Waals surface area (Å²) in [6, 6.07) is -1.20. The number of carbonyl (C=O) groups is 3. The normalized spacial score (nSPS) is 21.0. The minimum atomic E-state index is -1.26. The second-order valence-corrected chi connectivity index (χ2v) is 5.21. The average Bonchev–Trinajstić information content (AvgIpc) is 2.28. The Labute approximate surface area is 109 Å². The molecule has 0 saturated carbocycles. The van der Waals surface area contributed by atoms with Crippen LogP contribution in [0.25, 0.3) is 0 Å². The van der Waals surface area contributed by atoms with Crippen molar-refractivity contribution in [3.05, 3.63) is 0 Å². The van der Waals surface area contributed by atoms with Crippen molar-refractivity contribution < 1.29 is 19.5 Å². The number of carbonyl (C=O) groups excluding carboxylic acids is 2. The number of carboxylic acids is 1. The first-order chi connectivity index (χ1) is 8.49. The number of nitrogens with one attached hydrogen (secondary N) is 2. The Morgan fingerprint density at radius 2 is 2.22 bits per heavy atom. The van der Waals surface area contributed by atoms with Crippen LogP contribution in [0.5, 0.6) is 0 Å². The number of nitrogens with two attached hydrogens (primary N) is 1. The minimum absolute atomic E-state index is 0.0479. The maximum atomic E-state index is 11.6. The fraction of sp³-hybridized carbons (Fsp3) is 0.700. The largest absolute Gasteiger partial charge is 0.480 e.